The van der Waals surface area contributed by atoms with Crippen LogP contribution in [0.5, 0.6) is 11.5 Å². The molecule has 0 spiro atoms. The molecule has 0 saturated carbocycles. The van der Waals surface area contributed by atoms with Crippen molar-refractivity contribution >= 4 is 16.8 Å². The summed E-state index contributed by atoms with van der Waals surface area (Å²) in [6.07, 6.45) is 3.12. The Hall–Kier alpha value is -2.95. The number of nitrogens with one attached hydrogen (secondary N) is 1. The lowest BCUT2D eigenvalue weighted by Crippen LogP contribution is -2.39. The van der Waals surface area contributed by atoms with Crippen LogP contribution < -0.4 is 9.47 Å². The Kier molecular flexibility index (Phi) is 5.74. The van der Waals surface area contributed by atoms with Crippen LogP contribution in [0.4, 0.5) is 0 Å². The van der Waals surface area contributed by atoms with E-state index in [0.717, 1.165) is 54.8 Å². The molecule has 3 aromatic rings. The molecule has 1 N–H and O–H groups in total. The highest BCUT2D eigenvalue weighted by atomic mass is 16.5. The average Bonchev–Trinajstić information content (AvgIpc) is 3.18. The van der Waals surface area contributed by atoms with E-state index in [0.29, 0.717) is 18.2 Å². The minimum Gasteiger partial charge on any atom is -0.497 e. The van der Waals surface area contributed by atoms with Crippen LogP contribution in [0.25, 0.3) is 10.9 Å². The van der Waals surface area contributed by atoms with Crippen molar-refractivity contribution in [3.63, 3.8) is 0 Å². The van der Waals surface area contributed by atoms with E-state index in [9.17, 15) is 4.79 Å². The standard InChI is InChI=1S/C24H28N2O3/c1-3-29-21-9-6-19-15-23(25-22(19)16-21)24(27)26-12-10-18(11-13-26)14-17-4-7-20(28-2)8-5-17/h4-9,15-16,18,25H,3,10-14H2,1-2H3. The molecule has 5 nitrogen and oxygen atoms in total. The van der Waals surface area contributed by atoms with E-state index in [1.807, 2.05) is 48.2 Å². The third-order valence-corrected chi connectivity index (χ3v) is 5.72. The van der Waals surface area contributed by atoms with Crippen LogP contribution in [0.1, 0.15) is 35.8 Å². The predicted molar refractivity (Wildman–Crippen MR) is 115 cm³/mol. The Morgan fingerprint density at radius 1 is 1.07 bits per heavy atom. The Bertz CT molecular complexity index is 969. The van der Waals surface area contributed by atoms with Gasteiger partial charge in [0, 0.05) is 30.1 Å². The Morgan fingerprint density at radius 3 is 2.48 bits per heavy atom. The second-order valence-corrected chi connectivity index (χ2v) is 7.65. The van der Waals surface area contributed by atoms with Crippen LogP contribution in [-0.4, -0.2) is 42.6 Å². The fourth-order valence-corrected chi connectivity index (χ4v) is 4.08. The number of methoxy groups -OCH3 is 1. The maximum Gasteiger partial charge on any atom is 0.270 e. The topological polar surface area (TPSA) is 54.6 Å². The van der Waals surface area contributed by atoms with E-state index in [2.05, 4.69) is 17.1 Å². The second-order valence-electron chi connectivity index (χ2n) is 7.65. The Balaban J connectivity index is 1.36. The molecule has 2 heterocycles. The molecule has 1 fully saturated rings. The molecule has 1 amide bonds. The Labute approximate surface area is 171 Å². The van der Waals surface area contributed by atoms with E-state index < -0.39 is 0 Å². The molecule has 1 aliphatic heterocycles. The number of aromatic nitrogens is 1. The molecular weight excluding hydrogens is 364 g/mol. The summed E-state index contributed by atoms with van der Waals surface area (Å²) in [6, 6.07) is 16.1. The summed E-state index contributed by atoms with van der Waals surface area (Å²) in [4.78, 5) is 18.2. The van der Waals surface area contributed by atoms with E-state index in [4.69, 9.17) is 9.47 Å². The summed E-state index contributed by atoms with van der Waals surface area (Å²) in [7, 11) is 1.69. The molecule has 0 unspecified atom stereocenters. The van der Waals surface area contributed by atoms with E-state index in [1.54, 1.807) is 7.11 Å². The highest BCUT2D eigenvalue weighted by molar-refractivity contribution is 5.98. The number of hydrogen-bond acceptors (Lipinski definition) is 3. The summed E-state index contributed by atoms with van der Waals surface area (Å²) in [5, 5.41) is 1.03. The first-order valence-electron chi connectivity index (χ1n) is 10.3. The maximum atomic E-state index is 13.0. The van der Waals surface area contributed by atoms with Gasteiger partial charge >= 0.3 is 0 Å². The number of ether oxygens (including phenoxy) is 2. The van der Waals surface area contributed by atoms with Gasteiger partial charge in [0.15, 0.2) is 0 Å². The normalized spacial score (nSPS) is 14.9. The molecular formula is C24H28N2O3. The number of piperidine rings is 1. The number of rotatable bonds is 6. The fraction of sp³-hybridized carbons (Fsp3) is 0.375. The quantitative estimate of drug-likeness (QED) is 0.663. The van der Waals surface area contributed by atoms with Crippen molar-refractivity contribution in [2.75, 3.05) is 26.8 Å². The third-order valence-electron chi connectivity index (χ3n) is 5.72. The van der Waals surface area contributed by atoms with Gasteiger partial charge in [0.1, 0.15) is 17.2 Å². The molecule has 0 atom stereocenters. The number of nitrogens with zero attached hydrogens (tertiary/aromatic N) is 1. The SMILES string of the molecule is CCOc1ccc2cc(C(=O)N3CCC(Cc4ccc(OC)cc4)CC3)[nH]c2c1. The molecule has 5 heteroatoms. The highest BCUT2D eigenvalue weighted by Gasteiger charge is 2.24. The molecule has 1 saturated heterocycles. The lowest BCUT2D eigenvalue weighted by molar-refractivity contribution is 0.0685. The molecule has 2 aromatic carbocycles. The van der Waals surface area contributed by atoms with Gasteiger partial charge < -0.3 is 19.4 Å². The van der Waals surface area contributed by atoms with Crippen molar-refractivity contribution in [2.45, 2.75) is 26.2 Å². The maximum absolute atomic E-state index is 13.0. The molecule has 0 radical (unpaired) electrons. The van der Waals surface area contributed by atoms with Crippen LogP contribution in [0.15, 0.2) is 48.5 Å². The lowest BCUT2D eigenvalue weighted by Gasteiger charge is -2.31. The van der Waals surface area contributed by atoms with Gasteiger partial charge in [0.25, 0.3) is 5.91 Å². The van der Waals surface area contributed by atoms with Crippen LogP contribution in [0.3, 0.4) is 0 Å². The number of carbonyl (C=O) groups excluding carboxylic acids is 1. The first kappa shape index (κ1) is 19.4. The van der Waals surface area contributed by atoms with Crippen molar-refractivity contribution in [2.24, 2.45) is 5.92 Å². The second kappa shape index (κ2) is 8.60. The van der Waals surface area contributed by atoms with Crippen molar-refractivity contribution in [3.8, 4) is 11.5 Å². The number of fused-ring (bicyclic) bond motifs is 1. The van der Waals surface area contributed by atoms with Crippen molar-refractivity contribution in [3.05, 3.63) is 59.8 Å². The monoisotopic (exact) mass is 392 g/mol. The summed E-state index contributed by atoms with van der Waals surface area (Å²) >= 11 is 0. The Morgan fingerprint density at radius 2 is 1.79 bits per heavy atom. The minimum absolute atomic E-state index is 0.0852. The van der Waals surface area contributed by atoms with Gasteiger partial charge in [-0.05, 0) is 68.0 Å². The van der Waals surface area contributed by atoms with Gasteiger partial charge in [-0.25, -0.2) is 0 Å². The number of amides is 1. The molecule has 1 aromatic heterocycles. The van der Waals surface area contributed by atoms with Crippen molar-refractivity contribution in [1.29, 1.82) is 0 Å². The number of H-pyrrole nitrogens is 1. The number of carbonyl (C=O) groups is 1. The molecule has 152 valence electrons. The van der Waals surface area contributed by atoms with Crippen LogP contribution in [0, 0.1) is 5.92 Å². The van der Waals surface area contributed by atoms with Gasteiger partial charge in [-0.15, -0.1) is 0 Å². The van der Waals surface area contributed by atoms with Gasteiger partial charge in [-0.2, -0.15) is 0 Å². The molecule has 4 rings (SSSR count). The molecule has 29 heavy (non-hydrogen) atoms. The zero-order valence-corrected chi connectivity index (χ0v) is 17.1. The zero-order valence-electron chi connectivity index (χ0n) is 17.1. The van der Waals surface area contributed by atoms with Crippen LogP contribution >= 0.6 is 0 Å². The number of hydrogen-bond donors (Lipinski definition) is 1. The van der Waals surface area contributed by atoms with Gasteiger partial charge in [0.2, 0.25) is 0 Å². The third kappa shape index (κ3) is 4.39. The smallest absolute Gasteiger partial charge is 0.270 e. The van der Waals surface area contributed by atoms with E-state index in [-0.39, 0.29) is 5.91 Å². The van der Waals surface area contributed by atoms with Crippen LogP contribution in [0.2, 0.25) is 0 Å². The van der Waals surface area contributed by atoms with E-state index in [1.165, 1.54) is 5.56 Å². The van der Waals surface area contributed by atoms with E-state index >= 15 is 0 Å². The molecule has 0 bridgehead atoms. The van der Waals surface area contributed by atoms with Gasteiger partial charge in [0.05, 0.1) is 13.7 Å². The summed E-state index contributed by atoms with van der Waals surface area (Å²) in [6.45, 7) is 4.20. The zero-order chi connectivity index (χ0) is 20.2. The largest absolute Gasteiger partial charge is 0.497 e. The van der Waals surface area contributed by atoms with Gasteiger partial charge in [-0.1, -0.05) is 12.1 Å². The summed E-state index contributed by atoms with van der Waals surface area (Å²) in [5.74, 6) is 2.41. The number of benzene rings is 2. The molecule has 1 aliphatic rings. The lowest BCUT2D eigenvalue weighted by atomic mass is 9.90. The fourth-order valence-electron chi connectivity index (χ4n) is 4.08. The summed E-state index contributed by atoms with van der Waals surface area (Å²) in [5.41, 5.74) is 2.92. The number of aromatic amines is 1. The van der Waals surface area contributed by atoms with Crippen molar-refractivity contribution in [1.82, 2.24) is 9.88 Å². The minimum atomic E-state index is 0.0852. The van der Waals surface area contributed by atoms with Crippen molar-refractivity contribution < 1.29 is 14.3 Å². The first-order valence-corrected chi connectivity index (χ1v) is 10.3. The average molecular weight is 392 g/mol. The summed E-state index contributed by atoms with van der Waals surface area (Å²) < 4.78 is 10.8. The number of likely N-dealkylation sites (tertiary alicyclic amines) is 1. The van der Waals surface area contributed by atoms with Gasteiger partial charge in [-0.3, -0.25) is 4.79 Å². The highest BCUT2D eigenvalue weighted by Crippen LogP contribution is 2.26. The first-order chi connectivity index (χ1) is 14.2. The molecule has 0 aliphatic carbocycles. The predicted octanol–water partition coefficient (Wildman–Crippen LogP) is 4.67. The van der Waals surface area contributed by atoms with Crippen LogP contribution in [-0.2, 0) is 6.42 Å².